The summed E-state index contributed by atoms with van der Waals surface area (Å²) >= 11 is 0. The van der Waals surface area contributed by atoms with Crippen LogP contribution in [0.5, 0.6) is 0 Å². The molecule has 0 aliphatic rings. The Morgan fingerprint density at radius 2 is 1.77 bits per heavy atom. The van der Waals surface area contributed by atoms with E-state index in [0.29, 0.717) is 29.0 Å². The van der Waals surface area contributed by atoms with E-state index in [0.717, 1.165) is 19.3 Å². The van der Waals surface area contributed by atoms with E-state index >= 15 is 0 Å². The van der Waals surface area contributed by atoms with E-state index in [9.17, 15) is 24.3 Å². The maximum absolute atomic E-state index is 13.0. The van der Waals surface area contributed by atoms with Crippen LogP contribution in [0.3, 0.4) is 0 Å². The van der Waals surface area contributed by atoms with Crippen molar-refractivity contribution < 1.29 is 29.0 Å². The third kappa shape index (κ3) is 10.9. The molecule has 39 heavy (non-hydrogen) atoms. The highest BCUT2D eigenvalue weighted by Crippen LogP contribution is 2.26. The van der Waals surface area contributed by atoms with E-state index in [-0.39, 0.29) is 17.9 Å². The lowest BCUT2D eigenvalue weighted by Crippen LogP contribution is -2.49. The molecule has 3 amide bonds. The van der Waals surface area contributed by atoms with Gasteiger partial charge in [-0.25, -0.2) is 9.59 Å². The number of hydrogen-bond acceptors (Lipinski definition) is 6. The number of nitrogens with one attached hydrogen (secondary N) is 3. The highest BCUT2D eigenvalue weighted by Gasteiger charge is 2.25. The number of nitrogens with two attached hydrogens (primary N) is 1. The number of alkyl carbamates (subject to hydrolysis) is 1. The zero-order valence-electron chi connectivity index (χ0n) is 22.9. The van der Waals surface area contributed by atoms with Crippen LogP contribution in [-0.2, 0) is 20.7 Å². The highest BCUT2D eigenvalue weighted by atomic mass is 16.6. The fraction of sp³-hybridized carbons (Fsp3) is 0.379. The number of hydrogen-bond donors (Lipinski definition) is 5. The van der Waals surface area contributed by atoms with Crippen molar-refractivity contribution in [3.63, 3.8) is 0 Å². The largest absolute Gasteiger partial charge is 0.478 e. The molecule has 1 atom stereocenters. The molecule has 6 N–H and O–H groups in total. The Morgan fingerprint density at radius 3 is 2.41 bits per heavy atom. The number of ether oxygens (including phenoxy) is 1. The molecule has 0 heterocycles. The van der Waals surface area contributed by atoms with Crippen molar-refractivity contribution in [3.05, 3.63) is 65.2 Å². The third-order valence-corrected chi connectivity index (χ3v) is 5.50. The minimum Gasteiger partial charge on any atom is -0.478 e. The van der Waals surface area contributed by atoms with Crippen LogP contribution in [0.1, 0.15) is 68.4 Å². The SMILES string of the molecule is CCCCCNC(=O)C(Cc1ccc(Nc2ccccc2C(=O)O)c(/C=C/C(N)=O)c1)NC(=O)OC(C)(C)C. The molecule has 0 radical (unpaired) electrons. The first kappa shape index (κ1) is 30.9. The van der Waals surface area contributed by atoms with Crippen molar-refractivity contribution in [1.82, 2.24) is 10.6 Å². The first-order valence-electron chi connectivity index (χ1n) is 12.9. The molecule has 0 aliphatic heterocycles. The molecule has 0 spiro atoms. The number of carbonyl (C=O) groups excluding carboxylic acids is 3. The number of rotatable bonds is 13. The van der Waals surface area contributed by atoms with Crippen LogP contribution in [0.2, 0.25) is 0 Å². The maximum atomic E-state index is 13.0. The predicted octanol–water partition coefficient (Wildman–Crippen LogP) is 4.37. The second-order valence-corrected chi connectivity index (χ2v) is 10.0. The van der Waals surface area contributed by atoms with Crippen LogP contribution >= 0.6 is 0 Å². The Balaban J connectivity index is 2.36. The lowest BCUT2D eigenvalue weighted by atomic mass is 10.0. The second-order valence-electron chi connectivity index (χ2n) is 10.0. The Morgan fingerprint density at radius 1 is 1.05 bits per heavy atom. The molecule has 10 nitrogen and oxygen atoms in total. The zero-order valence-corrected chi connectivity index (χ0v) is 22.9. The summed E-state index contributed by atoms with van der Waals surface area (Å²) in [5.74, 6) is -2.10. The van der Waals surface area contributed by atoms with Crippen molar-refractivity contribution in [3.8, 4) is 0 Å². The number of benzene rings is 2. The molecule has 1 unspecified atom stereocenters. The predicted molar refractivity (Wildman–Crippen MR) is 151 cm³/mol. The lowest BCUT2D eigenvalue weighted by Gasteiger charge is -2.23. The number of amides is 3. The topological polar surface area (TPSA) is 160 Å². The number of primary amides is 1. The molecular formula is C29H38N4O6. The van der Waals surface area contributed by atoms with Crippen LogP contribution in [0.15, 0.2) is 48.5 Å². The van der Waals surface area contributed by atoms with Crippen molar-refractivity contribution in [2.75, 3.05) is 11.9 Å². The van der Waals surface area contributed by atoms with E-state index in [1.54, 1.807) is 57.2 Å². The molecular weight excluding hydrogens is 500 g/mol. The Kier molecular flexibility index (Phi) is 11.5. The monoisotopic (exact) mass is 538 g/mol. The summed E-state index contributed by atoms with van der Waals surface area (Å²) in [6.45, 7) is 7.75. The quantitative estimate of drug-likeness (QED) is 0.187. The number of unbranched alkanes of at least 4 members (excludes halogenated alkanes) is 2. The second kappa shape index (κ2) is 14.6. The summed E-state index contributed by atoms with van der Waals surface area (Å²) in [7, 11) is 0. The number of anilines is 2. The first-order chi connectivity index (χ1) is 18.4. The van der Waals surface area contributed by atoms with Gasteiger partial charge in [-0.3, -0.25) is 9.59 Å². The summed E-state index contributed by atoms with van der Waals surface area (Å²) in [4.78, 5) is 48.6. The van der Waals surface area contributed by atoms with Crippen LogP contribution in [-0.4, -0.2) is 47.2 Å². The van der Waals surface area contributed by atoms with E-state index in [4.69, 9.17) is 10.5 Å². The molecule has 0 saturated heterocycles. The van der Waals surface area contributed by atoms with Crippen LogP contribution in [0.25, 0.3) is 6.08 Å². The van der Waals surface area contributed by atoms with Crippen LogP contribution in [0, 0.1) is 0 Å². The van der Waals surface area contributed by atoms with Gasteiger partial charge in [0.25, 0.3) is 0 Å². The summed E-state index contributed by atoms with van der Waals surface area (Å²) in [6.07, 6.45) is 4.91. The molecule has 10 heteroatoms. The molecule has 0 aromatic heterocycles. The van der Waals surface area contributed by atoms with Gasteiger partial charge < -0.3 is 31.5 Å². The number of carboxylic acid groups (broad SMARTS) is 1. The van der Waals surface area contributed by atoms with E-state index < -0.39 is 29.6 Å². The van der Waals surface area contributed by atoms with Gasteiger partial charge in [0, 0.05) is 24.7 Å². The normalized spacial score (nSPS) is 12.0. The van der Waals surface area contributed by atoms with Gasteiger partial charge in [0.15, 0.2) is 0 Å². The van der Waals surface area contributed by atoms with Gasteiger partial charge >= 0.3 is 12.1 Å². The minimum absolute atomic E-state index is 0.0766. The van der Waals surface area contributed by atoms with Crippen LogP contribution in [0.4, 0.5) is 16.2 Å². The van der Waals surface area contributed by atoms with Crippen molar-refractivity contribution in [2.45, 2.75) is 65.0 Å². The van der Waals surface area contributed by atoms with Gasteiger partial charge in [-0.05, 0) is 68.7 Å². The van der Waals surface area contributed by atoms with Crippen molar-refractivity contribution >= 4 is 41.3 Å². The molecule has 2 aromatic rings. The molecule has 2 rings (SSSR count). The van der Waals surface area contributed by atoms with Gasteiger partial charge in [0.05, 0.1) is 11.3 Å². The van der Waals surface area contributed by atoms with Gasteiger partial charge in [-0.2, -0.15) is 0 Å². The fourth-order valence-corrected chi connectivity index (χ4v) is 3.69. The fourth-order valence-electron chi connectivity index (χ4n) is 3.69. The van der Waals surface area contributed by atoms with Gasteiger partial charge in [-0.15, -0.1) is 0 Å². The maximum Gasteiger partial charge on any atom is 0.408 e. The standard InChI is InChI=1S/C29H38N4O6/c1-5-6-9-16-31-26(35)24(33-28(38)39-29(2,3)4)18-19-12-14-22(20(17-19)13-15-25(30)34)32-23-11-8-7-10-21(23)27(36)37/h7-8,10-15,17,24,32H,5-6,9,16,18H2,1-4H3,(H2,30,34)(H,31,35)(H,33,38)(H,36,37)/b15-13+. The van der Waals surface area contributed by atoms with Crippen molar-refractivity contribution in [2.24, 2.45) is 5.73 Å². The zero-order chi connectivity index (χ0) is 29.0. The summed E-state index contributed by atoms with van der Waals surface area (Å²) in [5.41, 5.74) is 6.74. The molecule has 0 aliphatic carbocycles. The Labute approximate surface area is 229 Å². The van der Waals surface area contributed by atoms with E-state index in [1.165, 1.54) is 18.2 Å². The highest BCUT2D eigenvalue weighted by molar-refractivity contribution is 5.96. The van der Waals surface area contributed by atoms with Gasteiger partial charge in [0.1, 0.15) is 11.6 Å². The number of para-hydroxylation sites is 1. The number of carbonyl (C=O) groups is 4. The van der Waals surface area contributed by atoms with E-state index in [2.05, 4.69) is 22.9 Å². The molecule has 2 aromatic carbocycles. The molecule has 210 valence electrons. The van der Waals surface area contributed by atoms with Crippen LogP contribution < -0.4 is 21.7 Å². The lowest BCUT2D eigenvalue weighted by molar-refractivity contribution is -0.123. The summed E-state index contributed by atoms with van der Waals surface area (Å²) < 4.78 is 5.35. The van der Waals surface area contributed by atoms with E-state index in [1.807, 2.05) is 0 Å². The third-order valence-electron chi connectivity index (χ3n) is 5.50. The van der Waals surface area contributed by atoms with Gasteiger partial charge in [-0.1, -0.05) is 38.0 Å². The minimum atomic E-state index is -1.09. The number of aromatic carboxylic acids is 1. The van der Waals surface area contributed by atoms with Gasteiger partial charge in [0.2, 0.25) is 11.8 Å². The average molecular weight is 539 g/mol. The summed E-state index contributed by atoms with van der Waals surface area (Å²) in [5, 5.41) is 18.1. The summed E-state index contributed by atoms with van der Waals surface area (Å²) in [6, 6.07) is 10.7. The first-order valence-corrected chi connectivity index (χ1v) is 12.9. The molecule has 0 fully saturated rings. The smallest absolute Gasteiger partial charge is 0.408 e. The van der Waals surface area contributed by atoms with Crippen molar-refractivity contribution in [1.29, 1.82) is 0 Å². The Hall–Kier alpha value is -4.34. The Bertz CT molecular complexity index is 1200. The molecule has 0 bridgehead atoms. The number of carboxylic acids is 1. The average Bonchev–Trinajstić information content (AvgIpc) is 2.85. The molecule has 0 saturated carbocycles.